The highest BCUT2D eigenvalue weighted by Crippen LogP contribution is 2.39. The molecule has 0 unspecified atom stereocenters. The smallest absolute Gasteiger partial charge is 0.335 e. The van der Waals surface area contributed by atoms with Gasteiger partial charge >= 0.3 is 11.9 Å². The maximum atomic E-state index is 12.3. The molecule has 0 fully saturated rings. The Balaban J connectivity index is 1.64. The lowest BCUT2D eigenvalue weighted by Crippen LogP contribution is -2.12. The van der Waals surface area contributed by atoms with Crippen molar-refractivity contribution in [2.75, 3.05) is 7.11 Å². The number of esters is 1. The molecule has 0 amide bonds. The number of aromatic carboxylic acids is 1. The van der Waals surface area contributed by atoms with Crippen molar-refractivity contribution in [3.05, 3.63) is 86.8 Å². The summed E-state index contributed by atoms with van der Waals surface area (Å²) in [7, 11) is 1.37. The number of thiophene rings is 1. The Morgan fingerprint density at radius 1 is 1.03 bits per heavy atom. The first-order chi connectivity index (χ1) is 17.7. The Kier molecular flexibility index (Phi) is 6.25. The van der Waals surface area contributed by atoms with Gasteiger partial charge in [0.1, 0.15) is 16.9 Å². The van der Waals surface area contributed by atoms with Crippen LogP contribution in [0.25, 0.3) is 16.1 Å². The average Bonchev–Trinajstić information content (AvgIpc) is 3.36. The maximum absolute atomic E-state index is 12.3. The van der Waals surface area contributed by atoms with E-state index >= 15 is 0 Å². The van der Waals surface area contributed by atoms with Gasteiger partial charge in [-0.1, -0.05) is 30.3 Å². The van der Waals surface area contributed by atoms with Gasteiger partial charge in [0, 0.05) is 16.0 Å². The molecule has 0 radical (unpaired) electrons. The van der Waals surface area contributed by atoms with Crippen LogP contribution in [0.1, 0.15) is 61.6 Å². The first-order valence-electron chi connectivity index (χ1n) is 11.8. The van der Waals surface area contributed by atoms with Crippen LogP contribution in [0.3, 0.4) is 0 Å². The third kappa shape index (κ3) is 4.25. The number of rotatable bonds is 5. The van der Waals surface area contributed by atoms with Crippen LogP contribution in [0.5, 0.6) is 0 Å². The Hall–Kier alpha value is -4.11. The van der Waals surface area contributed by atoms with E-state index in [1.54, 1.807) is 23.5 Å². The van der Waals surface area contributed by atoms with Crippen molar-refractivity contribution in [3.63, 3.8) is 0 Å². The molecular weight excluding hydrogens is 488 g/mol. The summed E-state index contributed by atoms with van der Waals surface area (Å²) in [6.07, 6.45) is 0.0539. The number of benzene rings is 2. The van der Waals surface area contributed by atoms with E-state index < -0.39 is 12.0 Å². The second-order valence-corrected chi connectivity index (χ2v) is 10.3. The Morgan fingerprint density at radius 3 is 2.38 bits per heavy atom. The predicted octanol–water partition coefficient (Wildman–Crippen LogP) is 5.38. The number of hydrogen-bond donors (Lipinski definition) is 1. The van der Waals surface area contributed by atoms with Crippen LogP contribution in [0.15, 0.2) is 47.5 Å². The molecule has 1 atom stereocenters. The van der Waals surface area contributed by atoms with E-state index in [4.69, 9.17) is 9.73 Å². The van der Waals surface area contributed by atoms with Gasteiger partial charge in [-0.3, -0.25) is 14.4 Å². The Morgan fingerprint density at radius 2 is 1.73 bits per heavy atom. The van der Waals surface area contributed by atoms with Crippen molar-refractivity contribution in [2.45, 2.75) is 40.2 Å². The average molecular weight is 515 g/mol. The van der Waals surface area contributed by atoms with E-state index in [9.17, 15) is 14.7 Å². The SMILES string of the molecule is COC(=O)C[C@@H]1N=C(c2ccc(-c3ccc(C(=O)O)cc3C)cc2)c2c(sc(C)c2C)-n2c(C)nnc21. The summed E-state index contributed by atoms with van der Waals surface area (Å²) in [5, 5.41) is 19.0. The van der Waals surface area contributed by atoms with Crippen molar-refractivity contribution >= 4 is 29.0 Å². The van der Waals surface area contributed by atoms with Gasteiger partial charge in [-0.05, 0) is 62.1 Å². The zero-order valence-corrected chi connectivity index (χ0v) is 22.0. The number of carbonyl (C=O) groups is 2. The number of carboxylic acid groups (broad SMARTS) is 1. The molecule has 0 spiro atoms. The highest BCUT2D eigenvalue weighted by atomic mass is 32.1. The van der Waals surface area contributed by atoms with Gasteiger partial charge in [-0.2, -0.15) is 0 Å². The van der Waals surface area contributed by atoms with Crippen molar-refractivity contribution in [3.8, 4) is 16.1 Å². The minimum Gasteiger partial charge on any atom is -0.478 e. The zero-order valence-electron chi connectivity index (χ0n) is 21.2. The molecule has 1 aliphatic heterocycles. The molecule has 2 aromatic heterocycles. The monoisotopic (exact) mass is 514 g/mol. The van der Waals surface area contributed by atoms with Gasteiger partial charge in [-0.25, -0.2) is 4.79 Å². The Bertz CT molecular complexity index is 1580. The van der Waals surface area contributed by atoms with Crippen LogP contribution in [0.4, 0.5) is 0 Å². The molecule has 2 aromatic carbocycles. The van der Waals surface area contributed by atoms with E-state index in [2.05, 4.69) is 24.0 Å². The Labute approximate surface area is 218 Å². The number of aromatic nitrogens is 3. The summed E-state index contributed by atoms with van der Waals surface area (Å²) in [5.41, 5.74) is 6.93. The van der Waals surface area contributed by atoms with Gasteiger partial charge < -0.3 is 9.84 Å². The van der Waals surface area contributed by atoms with E-state index in [0.29, 0.717) is 5.82 Å². The predicted molar refractivity (Wildman–Crippen MR) is 142 cm³/mol. The van der Waals surface area contributed by atoms with Crippen molar-refractivity contribution in [1.29, 1.82) is 0 Å². The van der Waals surface area contributed by atoms with Crippen molar-refractivity contribution < 1.29 is 19.4 Å². The summed E-state index contributed by atoms with van der Waals surface area (Å²) in [6.45, 7) is 7.98. The molecule has 9 heteroatoms. The third-order valence-corrected chi connectivity index (χ3v) is 7.96. The van der Waals surface area contributed by atoms with Crippen LogP contribution < -0.4 is 0 Å². The van der Waals surface area contributed by atoms with Gasteiger partial charge in [0.15, 0.2) is 5.82 Å². The van der Waals surface area contributed by atoms with Crippen LogP contribution >= 0.6 is 11.3 Å². The van der Waals surface area contributed by atoms with Gasteiger partial charge in [0.2, 0.25) is 0 Å². The van der Waals surface area contributed by atoms with E-state index in [1.807, 2.05) is 48.7 Å². The van der Waals surface area contributed by atoms with Gasteiger partial charge in [-0.15, -0.1) is 21.5 Å². The highest BCUT2D eigenvalue weighted by molar-refractivity contribution is 7.15. The second-order valence-electron chi connectivity index (χ2n) is 9.09. The molecular formula is C28H26N4O4S. The molecule has 4 aromatic rings. The zero-order chi connectivity index (χ0) is 26.4. The molecule has 0 bridgehead atoms. The quantitative estimate of drug-likeness (QED) is 0.358. The largest absolute Gasteiger partial charge is 0.478 e. The minimum atomic E-state index is -0.944. The molecule has 5 rings (SSSR count). The summed E-state index contributed by atoms with van der Waals surface area (Å²) < 4.78 is 6.96. The second kappa shape index (κ2) is 9.40. The number of hydrogen-bond acceptors (Lipinski definition) is 7. The van der Waals surface area contributed by atoms with Crippen LogP contribution in [0.2, 0.25) is 0 Å². The number of methoxy groups -OCH3 is 1. The van der Waals surface area contributed by atoms with Crippen LogP contribution in [-0.4, -0.2) is 44.6 Å². The maximum Gasteiger partial charge on any atom is 0.335 e. The lowest BCUT2D eigenvalue weighted by Gasteiger charge is -2.13. The number of aryl methyl sites for hydroxylation is 3. The van der Waals surface area contributed by atoms with Crippen LogP contribution in [-0.2, 0) is 9.53 Å². The summed E-state index contributed by atoms with van der Waals surface area (Å²) in [6, 6.07) is 12.6. The molecule has 8 nitrogen and oxygen atoms in total. The number of nitrogens with zero attached hydrogens (tertiary/aromatic N) is 4. The summed E-state index contributed by atoms with van der Waals surface area (Å²) in [4.78, 5) is 29.9. The number of fused-ring (bicyclic) bond motifs is 3. The topological polar surface area (TPSA) is 107 Å². The molecule has 0 aliphatic carbocycles. The molecule has 188 valence electrons. The third-order valence-electron chi connectivity index (χ3n) is 6.77. The summed E-state index contributed by atoms with van der Waals surface area (Å²) in [5.74, 6) is 0.0419. The minimum absolute atomic E-state index is 0.0539. The fourth-order valence-electron chi connectivity index (χ4n) is 4.69. The van der Waals surface area contributed by atoms with Crippen molar-refractivity contribution in [2.24, 2.45) is 4.99 Å². The molecule has 1 N–H and O–H groups in total. The lowest BCUT2D eigenvalue weighted by atomic mass is 9.95. The number of aliphatic imine (C=N–C) groups is 1. The fraction of sp³-hybridized carbons (Fsp3) is 0.250. The normalized spacial score (nSPS) is 14.4. The molecule has 0 saturated carbocycles. The van der Waals surface area contributed by atoms with Crippen molar-refractivity contribution in [1.82, 2.24) is 14.8 Å². The molecule has 0 saturated heterocycles. The lowest BCUT2D eigenvalue weighted by molar-refractivity contribution is -0.141. The van der Waals surface area contributed by atoms with E-state index in [-0.39, 0.29) is 18.0 Å². The number of carbonyl (C=O) groups excluding carboxylic acids is 1. The van der Waals surface area contributed by atoms with Crippen LogP contribution in [0, 0.1) is 27.7 Å². The summed E-state index contributed by atoms with van der Waals surface area (Å²) >= 11 is 1.66. The number of ether oxygens (including phenoxy) is 1. The van der Waals surface area contributed by atoms with E-state index in [0.717, 1.165) is 49.9 Å². The molecule has 3 heterocycles. The van der Waals surface area contributed by atoms with Gasteiger partial charge in [0.05, 0.1) is 24.8 Å². The standard InChI is InChI=1S/C28H26N4O4S/c1-14-12-20(28(34)35)10-11-21(14)18-6-8-19(9-7-18)25-24-15(2)16(3)37-27(24)32-17(4)30-31-26(32)22(29-25)13-23(33)36-5/h6-12,22H,13H2,1-5H3,(H,34,35)/t22-/m0/s1. The number of carboxylic acids is 1. The van der Waals surface area contributed by atoms with Gasteiger partial charge in [0.25, 0.3) is 0 Å². The fourth-order valence-corrected chi connectivity index (χ4v) is 5.91. The first kappa shape index (κ1) is 24.6. The van der Waals surface area contributed by atoms with E-state index in [1.165, 1.54) is 12.0 Å². The molecule has 37 heavy (non-hydrogen) atoms. The molecule has 1 aliphatic rings. The highest BCUT2D eigenvalue weighted by Gasteiger charge is 2.32. The first-order valence-corrected chi connectivity index (χ1v) is 12.6.